The summed E-state index contributed by atoms with van der Waals surface area (Å²) in [5, 5.41) is 10.6. The second kappa shape index (κ2) is 2.86. The molecule has 0 spiro atoms. The number of hydrogen-bond donors (Lipinski definition) is 0. The first-order valence-electron chi connectivity index (χ1n) is 4.06. The third kappa shape index (κ3) is 1.22. The topological polar surface area (TPSA) is 72.5 Å². The SMILES string of the molecule is CCOC(=O)N1[C@@H](C)[C@@]1(C)[N+](=O)[O-]. The molecule has 1 aliphatic rings. The minimum atomic E-state index is -1.27. The number of carbonyl (C=O) groups is 1. The molecule has 74 valence electrons. The molecule has 0 aromatic carbocycles. The molecule has 1 aliphatic heterocycles. The predicted octanol–water partition coefficient (Wildman–Crippen LogP) is 0.840. The quantitative estimate of drug-likeness (QED) is 0.365. The molecule has 1 fully saturated rings. The molecular weight excluding hydrogens is 176 g/mol. The van der Waals surface area contributed by atoms with Crippen molar-refractivity contribution < 1.29 is 14.5 Å². The molecular formula is C7H12N2O4. The summed E-state index contributed by atoms with van der Waals surface area (Å²) in [5.41, 5.74) is -1.27. The number of ether oxygens (including phenoxy) is 1. The Morgan fingerprint density at radius 2 is 2.31 bits per heavy atom. The van der Waals surface area contributed by atoms with E-state index in [4.69, 9.17) is 0 Å². The summed E-state index contributed by atoms with van der Waals surface area (Å²) in [5.74, 6) is 0. The van der Waals surface area contributed by atoms with E-state index in [1.165, 1.54) is 6.92 Å². The standard InChI is InChI=1S/C7H12N2O4/c1-4-13-6(10)8-5(2)7(8,3)9(11)12/h5H,4H2,1-3H3/t5-,7+,8?/m0/s1. The Bertz CT molecular complexity index is 255. The third-order valence-electron chi connectivity index (χ3n) is 2.43. The van der Waals surface area contributed by atoms with Gasteiger partial charge < -0.3 is 4.74 Å². The highest BCUT2D eigenvalue weighted by atomic mass is 16.6. The highest BCUT2D eigenvalue weighted by molar-refractivity contribution is 5.72. The highest BCUT2D eigenvalue weighted by Gasteiger charge is 2.71. The maximum Gasteiger partial charge on any atom is 0.415 e. The summed E-state index contributed by atoms with van der Waals surface area (Å²) < 4.78 is 4.66. The van der Waals surface area contributed by atoms with E-state index in [0.29, 0.717) is 0 Å². The van der Waals surface area contributed by atoms with Crippen LogP contribution in [0.3, 0.4) is 0 Å². The Labute approximate surface area is 75.6 Å². The molecule has 0 unspecified atom stereocenters. The molecule has 0 saturated carbocycles. The fourth-order valence-corrected chi connectivity index (χ4v) is 1.32. The Balaban J connectivity index is 2.67. The van der Waals surface area contributed by atoms with Gasteiger partial charge in [0, 0.05) is 6.92 Å². The summed E-state index contributed by atoms with van der Waals surface area (Å²) >= 11 is 0. The fraction of sp³-hybridized carbons (Fsp3) is 0.857. The predicted molar refractivity (Wildman–Crippen MR) is 43.7 cm³/mol. The van der Waals surface area contributed by atoms with E-state index in [1.807, 2.05) is 0 Å². The third-order valence-corrected chi connectivity index (χ3v) is 2.43. The number of nitro groups is 1. The monoisotopic (exact) mass is 188 g/mol. The van der Waals surface area contributed by atoms with Crippen molar-refractivity contribution >= 4 is 6.09 Å². The van der Waals surface area contributed by atoms with Gasteiger partial charge in [0.1, 0.15) is 6.04 Å². The second-order valence-corrected chi connectivity index (χ2v) is 3.10. The van der Waals surface area contributed by atoms with Crippen LogP contribution in [0.4, 0.5) is 4.79 Å². The molecule has 1 heterocycles. The Morgan fingerprint density at radius 1 is 1.77 bits per heavy atom. The van der Waals surface area contributed by atoms with Gasteiger partial charge in [-0.1, -0.05) is 0 Å². The van der Waals surface area contributed by atoms with Crippen molar-refractivity contribution in [1.29, 1.82) is 0 Å². The maximum absolute atomic E-state index is 11.1. The first kappa shape index (κ1) is 9.76. The first-order valence-corrected chi connectivity index (χ1v) is 4.06. The number of carbonyl (C=O) groups excluding carboxylic acids is 1. The summed E-state index contributed by atoms with van der Waals surface area (Å²) in [7, 11) is 0. The average Bonchev–Trinajstić information content (AvgIpc) is 2.57. The lowest BCUT2D eigenvalue weighted by atomic mass is 10.3. The summed E-state index contributed by atoms with van der Waals surface area (Å²) in [6.07, 6.45) is -0.616. The zero-order valence-electron chi connectivity index (χ0n) is 7.81. The molecule has 0 aromatic heterocycles. The van der Waals surface area contributed by atoms with Gasteiger partial charge in [-0.15, -0.1) is 0 Å². The first-order chi connectivity index (χ1) is 5.96. The molecule has 13 heavy (non-hydrogen) atoms. The van der Waals surface area contributed by atoms with Gasteiger partial charge in [0.05, 0.1) is 11.5 Å². The Kier molecular flexibility index (Phi) is 2.15. The smallest absolute Gasteiger partial charge is 0.415 e. The van der Waals surface area contributed by atoms with Crippen LogP contribution in [0.25, 0.3) is 0 Å². The van der Waals surface area contributed by atoms with Crippen molar-refractivity contribution in [3.63, 3.8) is 0 Å². The van der Waals surface area contributed by atoms with Crippen molar-refractivity contribution in [3.05, 3.63) is 10.1 Å². The molecule has 0 N–H and O–H groups in total. The van der Waals surface area contributed by atoms with Gasteiger partial charge in [0.15, 0.2) is 0 Å². The number of nitrogens with zero attached hydrogens (tertiary/aromatic N) is 2. The Morgan fingerprint density at radius 3 is 2.62 bits per heavy atom. The van der Waals surface area contributed by atoms with Crippen LogP contribution < -0.4 is 0 Å². The molecule has 6 nitrogen and oxygen atoms in total. The van der Waals surface area contributed by atoms with E-state index in [2.05, 4.69) is 4.74 Å². The summed E-state index contributed by atoms with van der Waals surface area (Å²) in [6, 6.07) is -0.387. The lowest BCUT2D eigenvalue weighted by Gasteiger charge is -2.04. The van der Waals surface area contributed by atoms with Crippen LogP contribution in [0, 0.1) is 10.1 Å². The molecule has 1 amide bonds. The fourth-order valence-electron chi connectivity index (χ4n) is 1.32. The van der Waals surface area contributed by atoms with Crippen LogP contribution in [0.15, 0.2) is 0 Å². The molecule has 0 bridgehead atoms. The molecule has 0 aliphatic carbocycles. The van der Waals surface area contributed by atoms with E-state index in [9.17, 15) is 14.9 Å². The molecule has 0 aromatic rings. The highest BCUT2D eigenvalue weighted by Crippen LogP contribution is 2.41. The van der Waals surface area contributed by atoms with Gasteiger partial charge >= 0.3 is 11.8 Å². The molecule has 1 saturated heterocycles. The van der Waals surface area contributed by atoms with E-state index < -0.39 is 16.7 Å². The van der Waals surface area contributed by atoms with Gasteiger partial charge in [0.25, 0.3) is 0 Å². The van der Waals surface area contributed by atoms with Crippen molar-refractivity contribution in [2.45, 2.75) is 32.5 Å². The van der Waals surface area contributed by atoms with Gasteiger partial charge in [0.2, 0.25) is 0 Å². The van der Waals surface area contributed by atoms with E-state index in [-0.39, 0.29) is 12.6 Å². The summed E-state index contributed by atoms with van der Waals surface area (Å²) in [4.78, 5) is 22.4. The zero-order chi connectivity index (χ0) is 10.2. The van der Waals surface area contributed by atoms with E-state index in [1.54, 1.807) is 13.8 Å². The molecule has 0 radical (unpaired) electrons. The van der Waals surface area contributed by atoms with Gasteiger partial charge in [-0.3, -0.25) is 10.1 Å². The summed E-state index contributed by atoms with van der Waals surface area (Å²) in [6.45, 7) is 4.93. The van der Waals surface area contributed by atoms with Gasteiger partial charge in [-0.25, -0.2) is 9.69 Å². The van der Waals surface area contributed by atoms with Crippen molar-refractivity contribution in [3.8, 4) is 0 Å². The van der Waals surface area contributed by atoms with Crippen molar-refractivity contribution in [1.82, 2.24) is 4.90 Å². The van der Waals surface area contributed by atoms with Gasteiger partial charge in [-0.2, -0.15) is 0 Å². The lowest BCUT2D eigenvalue weighted by molar-refractivity contribution is -0.545. The second-order valence-electron chi connectivity index (χ2n) is 3.10. The maximum atomic E-state index is 11.1. The molecule has 2 atom stereocenters. The van der Waals surface area contributed by atoms with Crippen LogP contribution in [0.5, 0.6) is 0 Å². The number of hydrogen-bond acceptors (Lipinski definition) is 4. The minimum absolute atomic E-state index is 0.232. The van der Waals surface area contributed by atoms with E-state index >= 15 is 0 Å². The van der Waals surface area contributed by atoms with Crippen molar-refractivity contribution in [2.75, 3.05) is 6.61 Å². The number of rotatable bonds is 2. The van der Waals surface area contributed by atoms with Crippen LogP contribution in [-0.4, -0.2) is 34.2 Å². The largest absolute Gasteiger partial charge is 0.450 e. The lowest BCUT2D eigenvalue weighted by Crippen LogP contribution is -2.28. The van der Waals surface area contributed by atoms with Crippen molar-refractivity contribution in [2.24, 2.45) is 0 Å². The Hall–Kier alpha value is -1.33. The van der Waals surface area contributed by atoms with Crippen LogP contribution in [-0.2, 0) is 4.74 Å². The average molecular weight is 188 g/mol. The van der Waals surface area contributed by atoms with Crippen LogP contribution in [0.1, 0.15) is 20.8 Å². The molecule has 1 rings (SSSR count). The minimum Gasteiger partial charge on any atom is -0.450 e. The van der Waals surface area contributed by atoms with E-state index in [0.717, 1.165) is 4.90 Å². The molecule has 6 heteroatoms. The van der Waals surface area contributed by atoms with Crippen LogP contribution in [0.2, 0.25) is 0 Å². The zero-order valence-corrected chi connectivity index (χ0v) is 7.81. The van der Waals surface area contributed by atoms with Crippen LogP contribution >= 0.6 is 0 Å². The van der Waals surface area contributed by atoms with Gasteiger partial charge in [-0.05, 0) is 13.8 Å². The normalized spacial score (nSPS) is 31.3. The number of amides is 1.